The number of nitrogens with one attached hydrogen (secondary N) is 1. The Kier molecular flexibility index (Phi) is 4.46. The van der Waals surface area contributed by atoms with Gasteiger partial charge in [0.2, 0.25) is 5.91 Å². The van der Waals surface area contributed by atoms with Gasteiger partial charge in [0.1, 0.15) is 12.6 Å². The van der Waals surface area contributed by atoms with Gasteiger partial charge in [0.25, 0.3) is 5.91 Å². The van der Waals surface area contributed by atoms with Crippen molar-refractivity contribution in [2.24, 2.45) is 0 Å². The zero-order chi connectivity index (χ0) is 18.1. The predicted molar refractivity (Wildman–Crippen MR) is 97.6 cm³/mol. The number of urea groups is 1. The first-order chi connectivity index (χ1) is 12.6. The zero-order valence-electron chi connectivity index (χ0n) is 14.1. The zero-order valence-corrected chi connectivity index (χ0v) is 14.9. The summed E-state index contributed by atoms with van der Waals surface area (Å²) in [5.74, 6) is -0.592. The van der Waals surface area contributed by atoms with Crippen LogP contribution in [0.25, 0.3) is 0 Å². The topological polar surface area (TPSA) is 69.7 Å². The number of nitrogens with zero attached hydrogens (tertiary/aromatic N) is 2. The predicted octanol–water partition coefficient (Wildman–Crippen LogP) is 2.38. The van der Waals surface area contributed by atoms with Gasteiger partial charge >= 0.3 is 6.03 Å². The highest BCUT2D eigenvalue weighted by Gasteiger charge is 2.47. The van der Waals surface area contributed by atoms with Crippen molar-refractivity contribution >= 4 is 29.2 Å². The fourth-order valence-electron chi connectivity index (χ4n) is 3.60. The van der Waals surface area contributed by atoms with Gasteiger partial charge in [-0.25, -0.2) is 4.79 Å². The van der Waals surface area contributed by atoms with E-state index in [1.54, 1.807) is 16.2 Å². The highest BCUT2D eigenvalue weighted by Crippen LogP contribution is 2.28. The second kappa shape index (κ2) is 6.92. The Morgan fingerprint density at radius 1 is 1.19 bits per heavy atom. The Morgan fingerprint density at radius 3 is 2.69 bits per heavy atom. The monoisotopic (exact) mass is 369 g/mol. The molecule has 0 spiro atoms. The first-order valence-electron chi connectivity index (χ1n) is 8.65. The van der Waals surface area contributed by atoms with E-state index in [-0.39, 0.29) is 36.5 Å². The van der Waals surface area contributed by atoms with Crippen molar-refractivity contribution in [1.29, 1.82) is 0 Å². The molecule has 0 aliphatic carbocycles. The molecular formula is C19H19N3O3S. The summed E-state index contributed by atoms with van der Waals surface area (Å²) in [5, 5.41) is 4.93. The van der Waals surface area contributed by atoms with Crippen LogP contribution in [0.2, 0.25) is 0 Å². The van der Waals surface area contributed by atoms with Gasteiger partial charge in [-0.05, 0) is 29.9 Å². The summed E-state index contributed by atoms with van der Waals surface area (Å²) in [4.78, 5) is 41.0. The van der Waals surface area contributed by atoms with E-state index < -0.39 is 0 Å². The Hall–Kier alpha value is -2.67. The molecule has 2 aromatic rings. The number of imide groups is 1. The number of carbonyl (C=O) groups is 3. The molecule has 1 aromatic heterocycles. The molecule has 2 saturated heterocycles. The summed E-state index contributed by atoms with van der Waals surface area (Å²) in [5.41, 5.74) is 0.961. The van der Waals surface area contributed by atoms with Gasteiger partial charge in [-0.2, -0.15) is 0 Å². The molecular weight excluding hydrogens is 350 g/mol. The number of hydrogen-bond donors (Lipinski definition) is 1. The fourth-order valence-corrected chi connectivity index (χ4v) is 4.40. The molecule has 1 N–H and O–H groups in total. The molecule has 2 unspecified atom stereocenters. The van der Waals surface area contributed by atoms with Crippen LogP contribution in [0.15, 0.2) is 47.8 Å². The number of hydrogen-bond acceptors (Lipinski definition) is 4. The Morgan fingerprint density at radius 2 is 2.00 bits per heavy atom. The van der Waals surface area contributed by atoms with E-state index in [0.29, 0.717) is 13.0 Å². The molecule has 134 valence electrons. The van der Waals surface area contributed by atoms with E-state index >= 15 is 0 Å². The average molecular weight is 369 g/mol. The highest BCUT2D eigenvalue weighted by atomic mass is 32.1. The number of benzene rings is 1. The molecule has 2 aliphatic rings. The molecule has 0 radical (unpaired) electrons. The van der Waals surface area contributed by atoms with Crippen molar-refractivity contribution < 1.29 is 14.4 Å². The lowest BCUT2D eigenvalue weighted by molar-refractivity contribution is -0.132. The summed E-state index contributed by atoms with van der Waals surface area (Å²) < 4.78 is 0. The lowest BCUT2D eigenvalue weighted by Crippen LogP contribution is -2.42. The molecule has 2 aliphatic heterocycles. The van der Waals surface area contributed by atoms with Crippen LogP contribution in [-0.4, -0.2) is 46.8 Å². The minimum atomic E-state index is -0.377. The molecule has 2 atom stereocenters. The Bertz CT molecular complexity index is 800. The number of fused-ring (bicyclic) bond motifs is 1. The van der Waals surface area contributed by atoms with Crippen molar-refractivity contribution in [1.82, 2.24) is 15.1 Å². The van der Waals surface area contributed by atoms with Gasteiger partial charge in [0, 0.05) is 11.4 Å². The first-order valence-corrected chi connectivity index (χ1v) is 9.53. The second-order valence-corrected chi connectivity index (χ2v) is 7.46. The third-order valence-electron chi connectivity index (χ3n) is 4.85. The lowest BCUT2D eigenvalue weighted by Gasteiger charge is -2.20. The van der Waals surface area contributed by atoms with Gasteiger partial charge in [0.05, 0.1) is 6.04 Å². The van der Waals surface area contributed by atoms with Crippen LogP contribution in [-0.2, 0) is 9.59 Å². The first kappa shape index (κ1) is 16.8. The van der Waals surface area contributed by atoms with Gasteiger partial charge in [-0.3, -0.25) is 14.5 Å². The number of carbonyl (C=O) groups excluding carboxylic acids is 3. The maximum absolute atomic E-state index is 12.6. The fraction of sp³-hybridized carbons (Fsp3) is 0.316. The van der Waals surface area contributed by atoms with Gasteiger partial charge in [-0.15, -0.1) is 11.3 Å². The van der Waals surface area contributed by atoms with Crippen LogP contribution in [0.3, 0.4) is 0 Å². The van der Waals surface area contributed by atoms with Crippen LogP contribution >= 0.6 is 11.3 Å². The second-order valence-electron chi connectivity index (χ2n) is 6.49. The van der Waals surface area contributed by atoms with Crippen LogP contribution in [0.1, 0.15) is 29.3 Å². The van der Waals surface area contributed by atoms with E-state index in [2.05, 4.69) is 5.32 Å². The smallest absolute Gasteiger partial charge is 0.327 e. The van der Waals surface area contributed by atoms with E-state index in [4.69, 9.17) is 0 Å². The summed E-state index contributed by atoms with van der Waals surface area (Å²) in [6.45, 7) is 0.356. The van der Waals surface area contributed by atoms with Crippen molar-refractivity contribution in [2.75, 3.05) is 13.1 Å². The quantitative estimate of drug-likeness (QED) is 0.823. The molecule has 0 bridgehead atoms. The van der Waals surface area contributed by atoms with E-state index in [0.717, 1.165) is 21.8 Å². The Balaban J connectivity index is 1.49. The van der Waals surface area contributed by atoms with Crippen LogP contribution < -0.4 is 5.32 Å². The Labute approximate surface area is 155 Å². The average Bonchev–Trinajstić information content (AvgIpc) is 3.38. The summed E-state index contributed by atoms with van der Waals surface area (Å²) in [6, 6.07) is 12.5. The molecule has 3 heterocycles. The van der Waals surface area contributed by atoms with E-state index in [1.165, 1.54) is 0 Å². The standard InChI is InChI=1S/C19H19N3O3S/c23-16(12-22-18(24)14-8-4-10-21(14)19(22)25)20-17(15-9-5-11-26-15)13-6-2-1-3-7-13/h1-3,5-7,9,11,14,17H,4,8,10,12H2,(H,20,23). The molecule has 4 rings (SSSR count). The molecule has 6 nitrogen and oxygen atoms in total. The maximum Gasteiger partial charge on any atom is 0.327 e. The third-order valence-corrected chi connectivity index (χ3v) is 5.79. The normalized spacial score (nSPS) is 20.4. The lowest BCUT2D eigenvalue weighted by atomic mass is 10.1. The molecule has 7 heteroatoms. The van der Waals surface area contributed by atoms with Crippen molar-refractivity contribution in [3.8, 4) is 0 Å². The van der Waals surface area contributed by atoms with Crippen molar-refractivity contribution in [3.05, 3.63) is 58.3 Å². The van der Waals surface area contributed by atoms with E-state index in [9.17, 15) is 14.4 Å². The van der Waals surface area contributed by atoms with Crippen LogP contribution in [0, 0.1) is 0 Å². The molecule has 4 amide bonds. The SMILES string of the molecule is O=C(CN1C(=O)C2CCCN2C1=O)NC(c1ccccc1)c1cccs1. The number of rotatable bonds is 5. The third kappa shape index (κ3) is 2.99. The summed E-state index contributed by atoms with van der Waals surface area (Å²) >= 11 is 1.55. The minimum Gasteiger partial charge on any atom is -0.343 e. The molecule has 1 aromatic carbocycles. The van der Waals surface area contributed by atoms with E-state index in [1.807, 2.05) is 47.8 Å². The maximum atomic E-state index is 12.6. The molecule has 26 heavy (non-hydrogen) atoms. The highest BCUT2D eigenvalue weighted by molar-refractivity contribution is 7.10. The summed E-state index contributed by atoms with van der Waals surface area (Å²) in [7, 11) is 0. The van der Waals surface area contributed by atoms with Crippen LogP contribution in [0.5, 0.6) is 0 Å². The number of thiophene rings is 1. The number of amides is 4. The van der Waals surface area contributed by atoms with Crippen LogP contribution in [0.4, 0.5) is 4.79 Å². The van der Waals surface area contributed by atoms with Crippen molar-refractivity contribution in [3.63, 3.8) is 0 Å². The van der Waals surface area contributed by atoms with Gasteiger partial charge in [-0.1, -0.05) is 36.4 Å². The van der Waals surface area contributed by atoms with Gasteiger partial charge in [0.15, 0.2) is 0 Å². The molecule has 0 saturated carbocycles. The summed E-state index contributed by atoms with van der Waals surface area (Å²) in [6.07, 6.45) is 1.53. The van der Waals surface area contributed by atoms with Crippen molar-refractivity contribution in [2.45, 2.75) is 24.9 Å². The minimum absolute atomic E-state index is 0.237. The molecule has 2 fully saturated rings. The van der Waals surface area contributed by atoms with Gasteiger partial charge < -0.3 is 10.2 Å². The largest absolute Gasteiger partial charge is 0.343 e.